The van der Waals surface area contributed by atoms with Gasteiger partial charge in [0.25, 0.3) is 0 Å². The molecule has 1 aromatic rings. The van der Waals surface area contributed by atoms with Crippen LogP contribution in [0.25, 0.3) is 0 Å². The molecule has 0 fully saturated rings. The summed E-state index contributed by atoms with van der Waals surface area (Å²) >= 11 is 3.33. The van der Waals surface area contributed by atoms with E-state index in [1.165, 1.54) is 4.90 Å². The summed E-state index contributed by atoms with van der Waals surface area (Å²) in [6, 6.07) is 4.77. The number of amides is 2. The number of carbonyl (C=O) groups is 2. The van der Waals surface area contributed by atoms with Gasteiger partial charge in [-0.3, -0.25) is 4.79 Å². The smallest absolute Gasteiger partial charge is 0.321 e. The summed E-state index contributed by atoms with van der Waals surface area (Å²) < 4.78 is 5.82. The van der Waals surface area contributed by atoms with Crippen LogP contribution in [0.5, 0.6) is 5.75 Å². The van der Waals surface area contributed by atoms with Crippen LogP contribution in [0.1, 0.15) is 6.92 Å². The number of carboxylic acids is 1. The van der Waals surface area contributed by atoms with E-state index in [0.29, 0.717) is 11.4 Å². The molecule has 0 spiro atoms. The Morgan fingerprint density at radius 3 is 2.65 bits per heavy atom. The van der Waals surface area contributed by atoms with Gasteiger partial charge in [-0.1, -0.05) is 6.92 Å². The van der Waals surface area contributed by atoms with Crippen molar-refractivity contribution in [3.8, 4) is 5.75 Å². The maximum Gasteiger partial charge on any atom is 0.321 e. The number of hydrogen-bond donors (Lipinski definition) is 2. The Morgan fingerprint density at radius 2 is 2.15 bits per heavy atom. The van der Waals surface area contributed by atoms with E-state index in [0.717, 1.165) is 4.47 Å². The minimum Gasteiger partial charge on any atom is -0.496 e. The zero-order valence-electron chi connectivity index (χ0n) is 11.5. The molecule has 0 aliphatic rings. The van der Waals surface area contributed by atoms with Crippen LogP contribution in [0.2, 0.25) is 0 Å². The number of halogens is 1. The molecule has 0 saturated heterocycles. The van der Waals surface area contributed by atoms with Crippen LogP contribution < -0.4 is 10.1 Å². The summed E-state index contributed by atoms with van der Waals surface area (Å²) in [6.45, 7) is 1.69. The Hall–Kier alpha value is -1.76. The number of hydrogen-bond acceptors (Lipinski definition) is 3. The minimum atomic E-state index is -0.933. The van der Waals surface area contributed by atoms with Gasteiger partial charge in [-0.05, 0) is 34.1 Å². The van der Waals surface area contributed by atoms with Gasteiger partial charge in [0.2, 0.25) is 0 Å². The van der Waals surface area contributed by atoms with Crippen LogP contribution in [0.3, 0.4) is 0 Å². The van der Waals surface area contributed by atoms with Gasteiger partial charge in [0, 0.05) is 19.3 Å². The fourth-order valence-corrected chi connectivity index (χ4v) is 2.08. The molecule has 7 heteroatoms. The van der Waals surface area contributed by atoms with Crippen molar-refractivity contribution < 1.29 is 19.4 Å². The molecule has 0 radical (unpaired) electrons. The highest BCUT2D eigenvalue weighted by Gasteiger charge is 2.17. The SMILES string of the molecule is COc1ccc(NC(=O)N(C)CC(C)C(=O)O)cc1Br. The van der Waals surface area contributed by atoms with E-state index in [9.17, 15) is 9.59 Å². The number of benzene rings is 1. The number of anilines is 1. The molecule has 1 atom stereocenters. The lowest BCUT2D eigenvalue weighted by atomic mass is 10.2. The number of rotatable bonds is 5. The first-order valence-corrected chi connectivity index (χ1v) is 6.73. The van der Waals surface area contributed by atoms with Crippen LogP contribution in [0.15, 0.2) is 22.7 Å². The molecular formula is C13H17BrN2O4. The minimum absolute atomic E-state index is 0.137. The van der Waals surface area contributed by atoms with Crippen LogP contribution >= 0.6 is 15.9 Å². The Kier molecular flexibility index (Phi) is 5.82. The monoisotopic (exact) mass is 344 g/mol. The van der Waals surface area contributed by atoms with Crippen molar-refractivity contribution in [3.63, 3.8) is 0 Å². The quantitative estimate of drug-likeness (QED) is 0.860. The third-order valence-corrected chi connectivity index (χ3v) is 3.34. The predicted molar refractivity (Wildman–Crippen MR) is 79.1 cm³/mol. The van der Waals surface area contributed by atoms with Crippen molar-refractivity contribution in [2.24, 2.45) is 5.92 Å². The molecule has 2 amide bonds. The van der Waals surface area contributed by atoms with E-state index >= 15 is 0 Å². The number of carbonyl (C=O) groups excluding carboxylic acids is 1. The second-order valence-corrected chi connectivity index (χ2v) is 5.25. The molecule has 1 aromatic carbocycles. The third-order valence-electron chi connectivity index (χ3n) is 2.72. The molecule has 2 N–H and O–H groups in total. The molecule has 6 nitrogen and oxygen atoms in total. The van der Waals surface area contributed by atoms with Crippen LogP contribution in [-0.4, -0.2) is 42.7 Å². The first-order chi connectivity index (χ1) is 9.35. The maximum atomic E-state index is 11.9. The Balaban J connectivity index is 2.66. The summed E-state index contributed by atoms with van der Waals surface area (Å²) in [5, 5.41) is 11.5. The average molecular weight is 345 g/mol. The van der Waals surface area contributed by atoms with Crippen molar-refractivity contribution in [1.82, 2.24) is 4.90 Å². The van der Waals surface area contributed by atoms with Crippen molar-refractivity contribution in [2.45, 2.75) is 6.92 Å². The molecule has 0 saturated carbocycles. The Labute approximate surface area is 125 Å². The highest BCUT2D eigenvalue weighted by molar-refractivity contribution is 9.10. The standard InChI is InChI=1S/C13H17BrN2O4/c1-8(12(17)18)7-16(2)13(19)15-9-4-5-11(20-3)10(14)6-9/h4-6,8H,7H2,1-3H3,(H,15,19)(H,17,18). The van der Waals surface area contributed by atoms with E-state index in [1.54, 1.807) is 39.3 Å². The molecule has 0 bridgehead atoms. The van der Waals surface area contributed by atoms with Crippen LogP contribution in [0.4, 0.5) is 10.5 Å². The van der Waals surface area contributed by atoms with Gasteiger partial charge in [0.15, 0.2) is 0 Å². The van der Waals surface area contributed by atoms with Crippen molar-refractivity contribution in [2.75, 3.05) is 26.0 Å². The Morgan fingerprint density at radius 1 is 1.50 bits per heavy atom. The van der Waals surface area contributed by atoms with E-state index in [4.69, 9.17) is 9.84 Å². The highest BCUT2D eigenvalue weighted by atomic mass is 79.9. The fourth-order valence-electron chi connectivity index (χ4n) is 1.53. The van der Waals surface area contributed by atoms with Gasteiger partial charge in [-0.15, -0.1) is 0 Å². The zero-order chi connectivity index (χ0) is 15.3. The largest absolute Gasteiger partial charge is 0.496 e. The van der Waals surface area contributed by atoms with Gasteiger partial charge >= 0.3 is 12.0 Å². The lowest BCUT2D eigenvalue weighted by Gasteiger charge is -2.20. The van der Waals surface area contributed by atoms with E-state index in [1.807, 2.05) is 0 Å². The highest BCUT2D eigenvalue weighted by Crippen LogP contribution is 2.27. The van der Waals surface area contributed by atoms with E-state index in [2.05, 4.69) is 21.2 Å². The van der Waals surface area contributed by atoms with Crippen LogP contribution in [0, 0.1) is 5.92 Å². The van der Waals surface area contributed by atoms with E-state index in [-0.39, 0.29) is 12.6 Å². The molecule has 20 heavy (non-hydrogen) atoms. The molecule has 0 aliphatic carbocycles. The van der Waals surface area contributed by atoms with Crippen LogP contribution in [-0.2, 0) is 4.79 Å². The van der Waals surface area contributed by atoms with Crippen molar-refractivity contribution >= 4 is 33.6 Å². The van der Waals surface area contributed by atoms with Gasteiger partial charge < -0.3 is 20.1 Å². The molecule has 0 aromatic heterocycles. The summed E-state index contributed by atoms with van der Waals surface area (Å²) in [7, 11) is 3.10. The number of carboxylic acid groups (broad SMARTS) is 1. The summed E-state index contributed by atoms with van der Waals surface area (Å²) in [4.78, 5) is 24.0. The van der Waals surface area contributed by atoms with Crippen molar-refractivity contribution in [3.05, 3.63) is 22.7 Å². The fraction of sp³-hybridized carbons (Fsp3) is 0.385. The Bertz CT molecular complexity index is 507. The number of methoxy groups -OCH3 is 1. The molecule has 110 valence electrons. The number of nitrogens with zero attached hydrogens (tertiary/aromatic N) is 1. The predicted octanol–water partition coefficient (Wildman–Crippen LogP) is 2.64. The molecule has 0 aliphatic heterocycles. The zero-order valence-corrected chi connectivity index (χ0v) is 13.1. The molecule has 1 unspecified atom stereocenters. The van der Waals surface area contributed by atoms with Gasteiger partial charge in [-0.25, -0.2) is 4.79 Å². The van der Waals surface area contributed by atoms with Gasteiger partial charge in [0.1, 0.15) is 5.75 Å². The number of ether oxygens (including phenoxy) is 1. The summed E-state index contributed by atoms with van der Waals surface area (Å²) in [5.41, 5.74) is 0.595. The summed E-state index contributed by atoms with van der Waals surface area (Å²) in [5.74, 6) is -0.888. The topological polar surface area (TPSA) is 78.9 Å². The third kappa shape index (κ3) is 4.41. The molecule has 0 heterocycles. The van der Waals surface area contributed by atoms with E-state index < -0.39 is 11.9 Å². The lowest BCUT2D eigenvalue weighted by molar-refractivity contribution is -0.141. The number of nitrogens with one attached hydrogen (secondary N) is 1. The number of urea groups is 1. The second-order valence-electron chi connectivity index (χ2n) is 4.40. The maximum absolute atomic E-state index is 11.9. The number of aliphatic carboxylic acids is 1. The van der Waals surface area contributed by atoms with Gasteiger partial charge in [0.05, 0.1) is 17.5 Å². The first kappa shape index (κ1) is 16.3. The molecule has 1 rings (SSSR count). The van der Waals surface area contributed by atoms with Crippen molar-refractivity contribution in [1.29, 1.82) is 0 Å². The second kappa shape index (κ2) is 7.14. The first-order valence-electron chi connectivity index (χ1n) is 5.93. The normalized spacial score (nSPS) is 11.6. The lowest BCUT2D eigenvalue weighted by Crippen LogP contribution is -2.36. The average Bonchev–Trinajstić information content (AvgIpc) is 2.38. The summed E-state index contributed by atoms with van der Waals surface area (Å²) in [6.07, 6.45) is 0. The van der Waals surface area contributed by atoms with Gasteiger partial charge in [-0.2, -0.15) is 0 Å². The molecular weight excluding hydrogens is 328 g/mol.